The van der Waals surface area contributed by atoms with E-state index in [1.807, 2.05) is 49.4 Å². The van der Waals surface area contributed by atoms with Crippen molar-refractivity contribution >= 4 is 39.8 Å². The molecule has 2 amide bonds. The van der Waals surface area contributed by atoms with Gasteiger partial charge in [-0.1, -0.05) is 56.3 Å². The van der Waals surface area contributed by atoms with Crippen LogP contribution in [-0.2, 0) is 4.79 Å². The smallest absolute Gasteiger partial charge is 0.293 e. The summed E-state index contributed by atoms with van der Waals surface area (Å²) < 4.78 is 11.5. The summed E-state index contributed by atoms with van der Waals surface area (Å²) in [6, 6.07) is 17.9. The number of benzene rings is 3. The van der Waals surface area contributed by atoms with Crippen LogP contribution < -0.4 is 9.47 Å². The van der Waals surface area contributed by atoms with Crippen LogP contribution in [0.25, 0.3) is 16.8 Å². The van der Waals surface area contributed by atoms with Crippen molar-refractivity contribution < 1.29 is 19.1 Å². The van der Waals surface area contributed by atoms with Gasteiger partial charge in [-0.3, -0.25) is 14.5 Å². The summed E-state index contributed by atoms with van der Waals surface area (Å²) in [5, 5.41) is 1.71. The van der Waals surface area contributed by atoms with Crippen LogP contribution in [0.1, 0.15) is 36.5 Å². The molecule has 6 heteroatoms. The Bertz CT molecular complexity index is 1250. The summed E-state index contributed by atoms with van der Waals surface area (Å²) in [6.07, 6.45) is 1.75. The highest BCUT2D eigenvalue weighted by Gasteiger charge is 2.35. The molecule has 0 saturated carbocycles. The third kappa shape index (κ3) is 4.76. The molecule has 33 heavy (non-hydrogen) atoms. The molecule has 0 aromatic heterocycles. The number of hydrogen-bond donors (Lipinski definition) is 0. The number of aryl methyl sites for hydroxylation is 1. The standard InChI is InChI=1S/C27H27NO4S/c1-17(2)20-11-9-18(3)15-24(20)32-14-13-28-26(29)25(33-27(28)30)16-22-21-8-6-5-7-19(21)10-12-23(22)31-4/h5-12,15-17H,13-14H2,1-4H3/b25-16-. The van der Waals surface area contributed by atoms with Crippen molar-refractivity contribution in [3.63, 3.8) is 0 Å². The summed E-state index contributed by atoms with van der Waals surface area (Å²) in [5.41, 5.74) is 3.00. The number of fused-ring (bicyclic) bond motifs is 1. The van der Waals surface area contributed by atoms with E-state index in [1.54, 1.807) is 13.2 Å². The number of carbonyl (C=O) groups excluding carboxylic acids is 2. The minimum Gasteiger partial charge on any atom is -0.496 e. The Labute approximate surface area is 198 Å². The lowest BCUT2D eigenvalue weighted by Gasteiger charge is -2.17. The van der Waals surface area contributed by atoms with Gasteiger partial charge >= 0.3 is 0 Å². The summed E-state index contributed by atoms with van der Waals surface area (Å²) in [6.45, 7) is 6.67. The molecule has 0 aliphatic carbocycles. The monoisotopic (exact) mass is 461 g/mol. The van der Waals surface area contributed by atoms with Gasteiger partial charge in [-0.2, -0.15) is 0 Å². The van der Waals surface area contributed by atoms with Gasteiger partial charge in [-0.05, 0) is 64.7 Å². The van der Waals surface area contributed by atoms with Gasteiger partial charge in [-0.25, -0.2) is 0 Å². The second-order valence-corrected chi connectivity index (χ2v) is 9.27. The molecule has 0 radical (unpaired) electrons. The number of amides is 2. The fourth-order valence-corrected chi connectivity index (χ4v) is 4.76. The first kappa shape index (κ1) is 22.9. The first-order chi connectivity index (χ1) is 15.9. The van der Waals surface area contributed by atoms with Crippen LogP contribution in [0.4, 0.5) is 4.79 Å². The summed E-state index contributed by atoms with van der Waals surface area (Å²) in [4.78, 5) is 27.3. The number of imide groups is 1. The van der Waals surface area contributed by atoms with Gasteiger partial charge < -0.3 is 9.47 Å². The third-order valence-electron chi connectivity index (χ3n) is 5.66. The fraction of sp³-hybridized carbons (Fsp3) is 0.259. The van der Waals surface area contributed by atoms with Crippen LogP contribution >= 0.6 is 11.8 Å². The van der Waals surface area contributed by atoms with Gasteiger partial charge in [0.1, 0.15) is 18.1 Å². The molecule has 1 aliphatic heterocycles. The third-order valence-corrected chi connectivity index (χ3v) is 6.57. The molecule has 0 bridgehead atoms. The Kier molecular flexibility index (Phi) is 6.75. The van der Waals surface area contributed by atoms with Gasteiger partial charge in [0.15, 0.2) is 0 Å². The average Bonchev–Trinajstić information content (AvgIpc) is 3.06. The molecule has 1 saturated heterocycles. The number of carbonyl (C=O) groups is 2. The number of hydrogen-bond acceptors (Lipinski definition) is 5. The minimum absolute atomic E-state index is 0.195. The van der Waals surface area contributed by atoms with E-state index in [4.69, 9.17) is 9.47 Å². The Morgan fingerprint density at radius 1 is 1.03 bits per heavy atom. The highest BCUT2D eigenvalue weighted by molar-refractivity contribution is 8.18. The fourth-order valence-electron chi connectivity index (χ4n) is 3.92. The molecule has 4 rings (SSSR count). The van der Waals surface area contributed by atoms with E-state index >= 15 is 0 Å². The van der Waals surface area contributed by atoms with Crippen molar-refractivity contribution in [1.82, 2.24) is 4.90 Å². The zero-order valence-electron chi connectivity index (χ0n) is 19.3. The molecular weight excluding hydrogens is 434 g/mol. The Morgan fingerprint density at radius 3 is 2.58 bits per heavy atom. The predicted molar refractivity (Wildman–Crippen MR) is 134 cm³/mol. The largest absolute Gasteiger partial charge is 0.496 e. The lowest BCUT2D eigenvalue weighted by molar-refractivity contribution is -0.123. The molecule has 5 nitrogen and oxygen atoms in total. The Morgan fingerprint density at radius 2 is 1.82 bits per heavy atom. The summed E-state index contributed by atoms with van der Waals surface area (Å²) in [5.74, 6) is 1.46. The number of nitrogens with zero attached hydrogens (tertiary/aromatic N) is 1. The van der Waals surface area contributed by atoms with Gasteiger partial charge in [0.25, 0.3) is 11.1 Å². The molecular formula is C27H27NO4S. The molecule has 3 aromatic carbocycles. The molecule has 1 fully saturated rings. The van der Waals surface area contributed by atoms with Crippen molar-refractivity contribution in [2.75, 3.05) is 20.3 Å². The minimum atomic E-state index is -0.308. The zero-order valence-corrected chi connectivity index (χ0v) is 20.1. The van der Waals surface area contributed by atoms with Crippen molar-refractivity contribution in [1.29, 1.82) is 0 Å². The van der Waals surface area contributed by atoms with E-state index in [2.05, 4.69) is 26.0 Å². The Balaban J connectivity index is 1.53. The van der Waals surface area contributed by atoms with Crippen LogP contribution in [0.2, 0.25) is 0 Å². The summed E-state index contributed by atoms with van der Waals surface area (Å²) in [7, 11) is 1.60. The summed E-state index contributed by atoms with van der Waals surface area (Å²) >= 11 is 0.949. The van der Waals surface area contributed by atoms with E-state index < -0.39 is 0 Å². The molecule has 0 atom stereocenters. The van der Waals surface area contributed by atoms with Crippen molar-refractivity contribution in [2.45, 2.75) is 26.7 Å². The molecule has 1 aliphatic rings. The van der Waals surface area contributed by atoms with E-state index in [-0.39, 0.29) is 24.3 Å². The number of rotatable bonds is 7. The second-order valence-electron chi connectivity index (χ2n) is 8.28. The van der Waals surface area contributed by atoms with Crippen LogP contribution in [0.15, 0.2) is 59.5 Å². The van der Waals surface area contributed by atoms with Crippen LogP contribution in [0.5, 0.6) is 11.5 Å². The average molecular weight is 462 g/mol. The van der Waals surface area contributed by atoms with Gasteiger partial charge in [0.2, 0.25) is 0 Å². The van der Waals surface area contributed by atoms with Crippen LogP contribution in [0, 0.1) is 6.92 Å². The van der Waals surface area contributed by atoms with Crippen molar-refractivity contribution in [3.05, 3.63) is 76.2 Å². The zero-order chi connectivity index (χ0) is 23.5. The normalized spacial score (nSPS) is 15.2. The second kappa shape index (κ2) is 9.71. The number of methoxy groups -OCH3 is 1. The lowest BCUT2D eigenvalue weighted by atomic mass is 10.0. The number of ether oxygens (including phenoxy) is 2. The molecule has 1 heterocycles. The topological polar surface area (TPSA) is 55.8 Å². The Hall–Kier alpha value is -3.25. The molecule has 170 valence electrons. The quantitative estimate of drug-likeness (QED) is 0.381. The molecule has 0 spiro atoms. The van der Waals surface area contributed by atoms with Gasteiger partial charge in [0, 0.05) is 5.56 Å². The molecule has 0 unspecified atom stereocenters. The van der Waals surface area contributed by atoms with Gasteiger partial charge in [0.05, 0.1) is 18.6 Å². The SMILES string of the molecule is COc1ccc2ccccc2c1/C=C1\SC(=O)N(CCOc2cc(C)ccc2C(C)C)C1=O. The van der Waals surface area contributed by atoms with E-state index in [1.165, 1.54) is 4.90 Å². The predicted octanol–water partition coefficient (Wildman–Crippen LogP) is 6.40. The van der Waals surface area contributed by atoms with E-state index in [9.17, 15) is 9.59 Å². The molecule has 0 N–H and O–H groups in total. The maximum atomic E-state index is 13.0. The maximum Gasteiger partial charge on any atom is 0.293 e. The first-order valence-corrected chi connectivity index (χ1v) is 11.7. The van der Waals surface area contributed by atoms with E-state index in [0.717, 1.165) is 45.0 Å². The van der Waals surface area contributed by atoms with Crippen molar-refractivity contribution in [3.8, 4) is 11.5 Å². The van der Waals surface area contributed by atoms with Gasteiger partial charge in [-0.15, -0.1) is 0 Å². The molecule has 3 aromatic rings. The first-order valence-electron chi connectivity index (χ1n) is 10.9. The van der Waals surface area contributed by atoms with Crippen LogP contribution in [-0.4, -0.2) is 36.3 Å². The maximum absolute atomic E-state index is 13.0. The van der Waals surface area contributed by atoms with Crippen molar-refractivity contribution in [2.24, 2.45) is 0 Å². The highest BCUT2D eigenvalue weighted by atomic mass is 32.2. The highest BCUT2D eigenvalue weighted by Crippen LogP contribution is 2.36. The van der Waals surface area contributed by atoms with E-state index in [0.29, 0.717) is 16.6 Å². The number of thioether (sulfide) groups is 1. The lowest BCUT2D eigenvalue weighted by Crippen LogP contribution is -2.32. The van der Waals surface area contributed by atoms with Crippen LogP contribution in [0.3, 0.4) is 0 Å².